The minimum Gasteiger partial charge on any atom is -0.481 e. The van der Waals surface area contributed by atoms with E-state index in [0.29, 0.717) is 17.7 Å². The van der Waals surface area contributed by atoms with E-state index in [9.17, 15) is 0 Å². The average molecular weight is 272 g/mol. The normalized spacial score (nSPS) is 10.2. The van der Waals surface area contributed by atoms with Gasteiger partial charge in [-0.2, -0.15) is 9.97 Å². The summed E-state index contributed by atoms with van der Waals surface area (Å²) in [4.78, 5) is 8.09. The van der Waals surface area contributed by atoms with Crippen LogP contribution in [-0.4, -0.2) is 34.4 Å². The molecule has 0 radical (unpaired) electrons. The summed E-state index contributed by atoms with van der Waals surface area (Å²) in [6, 6.07) is 1.68. The van der Waals surface area contributed by atoms with Crippen molar-refractivity contribution in [2.75, 3.05) is 19.5 Å². The van der Waals surface area contributed by atoms with Gasteiger partial charge in [-0.3, -0.25) is 5.32 Å². The van der Waals surface area contributed by atoms with Gasteiger partial charge in [-0.15, -0.1) is 16.7 Å². The molecule has 18 heavy (non-hydrogen) atoms. The Labute approximate surface area is 107 Å². The highest BCUT2D eigenvalue weighted by molar-refractivity contribution is 6.16. The van der Waals surface area contributed by atoms with E-state index >= 15 is 0 Å². The van der Waals surface area contributed by atoms with Gasteiger partial charge in [0, 0.05) is 0 Å². The molecule has 96 valence electrons. The van der Waals surface area contributed by atoms with E-state index in [2.05, 4.69) is 25.5 Å². The van der Waals surface area contributed by atoms with E-state index in [-0.39, 0.29) is 17.8 Å². The van der Waals surface area contributed by atoms with Crippen molar-refractivity contribution in [3.05, 3.63) is 12.0 Å². The zero-order valence-electron chi connectivity index (χ0n) is 9.68. The zero-order chi connectivity index (χ0) is 13.0. The van der Waals surface area contributed by atoms with E-state index in [1.165, 1.54) is 14.2 Å². The van der Waals surface area contributed by atoms with E-state index in [4.69, 9.17) is 25.5 Å². The molecule has 9 heteroatoms. The molecule has 0 aromatic carbocycles. The number of anilines is 2. The molecule has 0 bridgehead atoms. The number of nitrogens with one attached hydrogen (secondary N) is 1. The molecular weight excluding hydrogens is 262 g/mol. The van der Waals surface area contributed by atoms with Crippen LogP contribution in [0.2, 0.25) is 0 Å². The van der Waals surface area contributed by atoms with Crippen LogP contribution in [0.25, 0.3) is 0 Å². The summed E-state index contributed by atoms with van der Waals surface area (Å²) in [5.74, 6) is 1.35. The molecule has 0 amide bonds. The molecule has 8 nitrogen and oxygen atoms in total. The summed E-state index contributed by atoms with van der Waals surface area (Å²) >= 11 is 5.54. The summed E-state index contributed by atoms with van der Waals surface area (Å²) in [5.41, 5.74) is 0. The predicted molar refractivity (Wildman–Crippen MR) is 62.3 cm³/mol. The van der Waals surface area contributed by atoms with Crippen LogP contribution in [0.5, 0.6) is 11.8 Å². The second-order valence-electron chi connectivity index (χ2n) is 3.04. The Kier molecular flexibility index (Phi) is 3.78. The Morgan fingerprint density at radius 1 is 1.22 bits per heavy atom. The molecule has 0 aliphatic rings. The molecule has 0 unspecified atom stereocenters. The van der Waals surface area contributed by atoms with Crippen molar-refractivity contribution >= 4 is 23.6 Å². The third-order valence-electron chi connectivity index (χ3n) is 1.90. The molecule has 2 heterocycles. The van der Waals surface area contributed by atoms with Crippen LogP contribution in [0, 0.1) is 0 Å². The lowest BCUT2D eigenvalue weighted by molar-refractivity contribution is 0.373. The van der Waals surface area contributed by atoms with Crippen molar-refractivity contribution in [3.8, 4) is 11.8 Å². The first-order valence-corrected chi connectivity index (χ1v) is 5.41. The molecule has 2 aromatic rings. The fraction of sp³-hybridized carbons (Fsp3) is 0.333. The highest BCUT2D eigenvalue weighted by Crippen LogP contribution is 2.20. The van der Waals surface area contributed by atoms with Crippen molar-refractivity contribution in [1.29, 1.82) is 0 Å². The number of alkyl halides is 1. The number of hydrogen-bond donors (Lipinski definition) is 1. The van der Waals surface area contributed by atoms with E-state index in [0.717, 1.165) is 0 Å². The maximum atomic E-state index is 5.54. The smallest absolute Gasteiger partial charge is 0.322 e. The minimum absolute atomic E-state index is 0.136. The summed E-state index contributed by atoms with van der Waals surface area (Å²) < 4.78 is 15.2. The number of methoxy groups -OCH3 is 2. The first-order valence-electron chi connectivity index (χ1n) is 4.87. The van der Waals surface area contributed by atoms with Gasteiger partial charge >= 0.3 is 6.01 Å². The van der Waals surface area contributed by atoms with Gasteiger partial charge in [0.1, 0.15) is 5.88 Å². The lowest BCUT2D eigenvalue weighted by Crippen LogP contribution is -2.01. The van der Waals surface area contributed by atoms with Gasteiger partial charge in [-0.05, 0) is 0 Å². The van der Waals surface area contributed by atoms with E-state index in [1.807, 2.05) is 0 Å². The molecule has 2 rings (SSSR count). The Morgan fingerprint density at radius 3 is 2.39 bits per heavy atom. The van der Waals surface area contributed by atoms with Gasteiger partial charge in [0.2, 0.25) is 23.6 Å². The lowest BCUT2D eigenvalue weighted by Gasteiger charge is -2.05. The Balaban J connectivity index is 2.22. The first-order chi connectivity index (χ1) is 8.75. The molecule has 0 fully saturated rings. The van der Waals surface area contributed by atoms with Gasteiger partial charge in [0.05, 0.1) is 20.3 Å². The Hall–Kier alpha value is -2.09. The molecule has 1 N–H and O–H groups in total. The topological polar surface area (TPSA) is 95.2 Å². The predicted octanol–water partition coefficient (Wildman–Crippen LogP) is 1.36. The van der Waals surface area contributed by atoms with Crippen molar-refractivity contribution < 1.29 is 13.9 Å². The molecule has 0 saturated carbocycles. The third kappa shape index (κ3) is 2.77. The first kappa shape index (κ1) is 12.4. The van der Waals surface area contributed by atoms with E-state index < -0.39 is 0 Å². The molecule has 0 spiro atoms. The number of hydrogen-bond acceptors (Lipinski definition) is 8. The largest absolute Gasteiger partial charge is 0.481 e. The van der Waals surface area contributed by atoms with E-state index in [1.54, 1.807) is 6.07 Å². The van der Waals surface area contributed by atoms with Crippen molar-refractivity contribution in [1.82, 2.24) is 20.2 Å². The number of rotatable bonds is 5. The lowest BCUT2D eigenvalue weighted by atomic mass is 10.6. The summed E-state index contributed by atoms with van der Waals surface area (Å²) in [6.45, 7) is 0. The summed E-state index contributed by atoms with van der Waals surface area (Å²) in [5, 5.41) is 10.1. The number of aromatic nitrogens is 4. The molecule has 0 aliphatic heterocycles. The van der Waals surface area contributed by atoms with Gasteiger partial charge in [0.25, 0.3) is 0 Å². The SMILES string of the molecule is COc1cc(OC)nc(Nc2nnc(CCl)o2)n1. The number of nitrogens with zero attached hydrogens (tertiary/aromatic N) is 4. The van der Waals surface area contributed by atoms with Gasteiger partial charge in [-0.25, -0.2) is 0 Å². The summed E-state index contributed by atoms with van der Waals surface area (Å²) in [6.07, 6.45) is 0. The van der Waals surface area contributed by atoms with Crippen molar-refractivity contribution in [2.24, 2.45) is 0 Å². The van der Waals surface area contributed by atoms with Crippen LogP contribution in [0.4, 0.5) is 12.0 Å². The molecule has 0 aliphatic carbocycles. The van der Waals surface area contributed by atoms with Crippen LogP contribution in [0.1, 0.15) is 5.89 Å². The fourth-order valence-electron chi connectivity index (χ4n) is 1.12. The molecule has 2 aromatic heterocycles. The van der Waals surface area contributed by atoms with Crippen LogP contribution < -0.4 is 14.8 Å². The number of ether oxygens (including phenoxy) is 2. The second-order valence-corrected chi connectivity index (χ2v) is 3.30. The average Bonchev–Trinajstić information content (AvgIpc) is 2.85. The highest BCUT2D eigenvalue weighted by Gasteiger charge is 2.09. The molecule has 0 saturated heterocycles. The summed E-state index contributed by atoms with van der Waals surface area (Å²) in [7, 11) is 2.98. The van der Waals surface area contributed by atoms with Gasteiger partial charge in [-0.1, -0.05) is 5.10 Å². The third-order valence-corrected chi connectivity index (χ3v) is 2.13. The standard InChI is InChI=1S/C9H10ClN5O3/c1-16-5-3-6(17-2)12-8(11-5)13-9-15-14-7(4-10)18-9/h3H,4H2,1-2H3,(H,11,12,13,15). The van der Waals surface area contributed by atoms with Gasteiger partial charge in [0.15, 0.2) is 0 Å². The minimum atomic E-state index is 0.136. The second kappa shape index (κ2) is 5.50. The van der Waals surface area contributed by atoms with Crippen LogP contribution in [0.3, 0.4) is 0 Å². The Bertz CT molecular complexity index is 510. The number of halogens is 1. The Morgan fingerprint density at radius 2 is 1.89 bits per heavy atom. The van der Waals surface area contributed by atoms with Crippen molar-refractivity contribution in [2.45, 2.75) is 5.88 Å². The quantitative estimate of drug-likeness (QED) is 0.815. The van der Waals surface area contributed by atoms with Crippen LogP contribution >= 0.6 is 11.6 Å². The maximum Gasteiger partial charge on any atom is 0.322 e. The monoisotopic (exact) mass is 271 g/mol. The van der Waals surface area contributed by atoms with Crippen LogP contribution in [-0.2, 0) is 5.88 Å². The molecular formula is C9H10ClN5O3. The van der Waals surface area contributed by atoms with Crippen LogP contribution in [0.15, 0.2) is 10.5 Å². The molecule has 0 atom stereocenters. The van der Waals surface area contributed by atoms with Gasteiger partial charge < -0.3 is 13.9 Å². The highest BCUT2D eigenvalue weighted by atomic mass is 35.5. The fourth-order valence-corrected chi connectivity index (χ4v) is 1.23. The van der Waals surface area contributed by atoms with Crippen molar-refractivity contribution in [3.63, 3.8) is 0 Å². The zero-order valence-corrected chi connectivity index (χ0v) is 10.4. The maximum absolute atomic E-state index is 5.54.